The molecule has 0 spiro atoms. The molecule has 0 aliphatic rings. The minimum atomic E-state index is 0.909. The van der Waals surface area contributed by atoms with E-state index < -0.39 is 0 Å². The Labute approximate surface area is 113 Å². The third kappa shape index (κ3) is 3.26. The second-order valence-electron chi connectivity index (χ2n) is 4.20. The van der Waals surface area contributed by atoms with Gasteiger partial charge in [-0.05, 0) is 42.1 Å². The number of nitrogens with zero attached hydrogens (tertiary/aromatic N) is 1. The van der Waals surface area contributed by atoms with Crippen LogP contribution in [0, 0.1) is 0 Å². The van der Waals surface area contributed by atoms with Crippen molar-refractivity contribution in [2.75, 3.05) is 18.6 Å². The maximum absolute atomic E-state index is 5.20. The zero-order valence-corrected chi connectivity index (χ0v) is 11.7. The maximum Gasteiger partial charge on any atom is 0.119 e. The number of methoxy groups -OCH3 is 1. The van der Waals surface area contributed by atoms with Gasteiger partial charge in [-0.1, -0.05) is 13.0 Å². The van der Waals surface area contributed by atoms with E-state index in [1.165, 1.54) is 10.6 Å². The molecule has 0 saturated heterocycles. The van der Waals surface area contributed by atoms with Gasteiger partial charge in [-0.2, -0.15) is 0 Å². The van der Waals surface area contributed by atoms with Crippen LogP contribution in [0.15, 0.2) is 41.8 Å². The molecule has 0 amide bonds. The molecule has 1 aromatic carbocycles. The average Bonchev–Trinajstić information content (AvgIpc) is 2.91. The molecule has 96 valence electrons. The Hall–Kier alpha value is -1.48. The Morgan fingerprint density at radius 3 is 2.50 bits per heavy atom. The minimum Gasteiger partial charge on any atom is -0.497 e. The van der Waals surface area contributed by atoms with Crippen molar-refractivity contribution in [3.63, 3.8) is 0 Å². The molecule has 18 heavy (non-hydrogen) atoms. The third-order valence-corrected chi connectivity index (χ3v) is 3.72. The molecule has 1 aromatic heterocycles. The summed E-state index contributed by atoms with van der Waals surface area (Å²) < 4.78 is 5.20. The van der Waals surface area contributed by atoms with Crippen molar-refractivity contribution in [1.29, 1.82) is 0 Å². The Morgan fingerprint density at radius 1 is 1.17 bits per heavy atom. The molecule has 0 radical (unpaired) electrons. The molecule has 0 unspecified atom stereocenters. The number of hydrogen-bond acceptors (Lipinski definition) is 3. The maximum atomic E-state index is 5.20. The van der Waals surface area contributed by atoms with E-state index in [-0.39, 0.29) is 0 Å². The van der Waals surface area contributed by atoms with E-state index in [1.54, 1.807) is 7.11 Å². The molecule has 0 aliphatic heterocycles. The topological polar surface area (TPSA) is 12.5 Å². The fourth-order valence-electron chi connectivity index (χ4n) is 1.95. The van der Waals surface area contributed by atoms with Crippen molar-refractivity contribution < 1.29 is 4.74 Å². The second-order valence-corrected chi connectivity index (χ2v) is 5.23. The van der Waals surface area contributed by atoms with Gasteiger partial charge in [0.15, 0.2) is 0 Å². The molecule has 0 fully saturated rings. The van der Waals surface area contributed by atoms with Crippen LogP contribution in [0.3, 0.4) is 0 Å². The molecule has 3 heteroatoms. The molecule has 0 atom stereocenters. The molecule has 2 nitrogen and oxygen atoms in total. The highest BCUT2D eigenvalue weighted by Gasteiger charge is 2.07. The lowest BCUT2D eigenvalue weighted by atomic mass is 10.2. The first kappa shape index (κ1) is 13.0. The predicted molar refractivity (Wildman–Crippen MR) is 78.7 cm³/mol. The smallest absolute Gasteiger partial charge is 0.119 e. The summed E-state index contributed by atoms with van der Waals surface area (Å²) in [4.78, 5) is 3.81. The number of thiophene rings is 1. The summed E-state index contributed by atoms with van der Waals surface area (Å²) in [7, 11) is 1.70. The Morgan fingerprint density at radius 2 is 1.94 bits per heavy atom. The van der Waals surface area contributed by atoms with Gasteiger partial charge >= 0.3 is 0 Å². The van der Waals surface area contributed by atoms with Gasteiger partial charge in [0.2, 0.25) is 0 Å². The van der Waals surface area contributed by atoms with Crippen LogP contribution in [0.2, 0.25) is 0 Å². The number of ether oxygens (including phenoxy) is 1. The predicted octanol–water partition coefficient (Wildman–Crippen LogP) is 4.17. The van der Waals surface area contributed by atoms with Gasteiger partial charge < -0.3 is 9.64 Å². The van der Waals surface area contributed by atoms with E-state index >= 15 is 0 Å². The number of rotatable bonds is 6. The van der Waals surface area contributed by atoms with Gasteiger partial charge in [0.05, 0.1) is 13.7 Å². The summed E-state index contributed by atoms with van der Waals surface area (Å²) in [6.07, 6.45) is 1.15. The van der Waals surface area contributed by atoms with Crippen LogP contribution < -0.4 is 9.64 Å². The molecule has 0 saturated carbocycles. The monoisotopic (exact) mass is 261 g/mol. The van der Waals surface area contributed by atoms with Gasteiger partial charge in [0.25, 0.3) is 0 Å². The first-order valence-electron chi connectivity index (χ1n) is 6.25. The normalized spacial score (nSPS) is 10.3. The lowest BCUT2D eigenvalue weighted by Crippen LogP contribution is -2.22. The van der Waals surface area contributed by atoms with Crippen LogP contribution in [0.25, 0.3) is 0 Å². The van der Waals surface area contributed by atoms with Crippen LogP contribution in [0.1, 0.15) is 18.2 Å². The number of anilines is 1. The molecule has 2 aromatic rings. The molecular formula is C15H19NOS. The summed E-state index contributed by atoms with van der Waals surface area (Å²) in [5.41, 5.74) is 1.26. The summed E-state index contributed by atoms with van der Waals surface area (Å²) in [5.74, 6) is 0.909. The van der Waals surface area contributed by atoms with Gasteiger partial charge in [-0.15, -0.1) is 11.3 Å². The minimum absolute atomic E-state index is 0.909. The van der Waals surface area contributed by atoms with Crippen molar-refractivity contribution >= 4 is 17.0 Å². The summed E-state index contributed by atoms with van der Waals surface area (Å²) >= 11 is 1.81. The standard InChI is InChI=1S/C15H19NOS/c1-3-10-16(12-15-5-4-11-18-15)13-6-8-14(17-2)9-7-13/h4-9,11H,3,10,12H2,1-2H3. The van der Waals surface area contributed by atoms with Crippen LogP contribution >= 0.6 is 11.3 Å². The molecule has 2 rings (SSSR count). The first-order valence-corrected chi connectivity index (χ1v) is 7.13. The first-order chi connectivity index (χ1) is 8.83. The van der Waals surface area contributed by atoms with Crippen LogP contribution in [0.4, 0.5) is 5.69 Å². The van der Waals surface area contributed by atoms with Gasteiger partial charge in [-0.3, -0.25) is 0 Å². The zero-order valence-electron chi connectivity index (χ0n) is 10.9. The lowest BCUT2D eigenvalue weighted by Gasteiger charge is -2.24. The molecule has 0 aliphatic carbocycles. The second kappa shape index (κ2) is 6.45. The quantitative estimate of drug-likeness (QED) is 0.773. The fourth-order valence-corrected chi connectivity index (χ4v) is 2.67. The Bertz CT molecular complexity index is 450. The highest BCUT2D eigenvalue weighted by Crippen LogP contribution is 2.22. The molecule has 0 N–H and O–H groups in total. The van der Waals surface area contributed by atoms with Crippen LogP contribution in [-0.2, 0) is 6.54 Å². The van der Waals surface area contributed by atoms with Crippen molar-refractivity contribution in [2.24, 2.45) is 0 Å². The average molecular weight is 261 g/mol. The summed E-state index contributed by atoms with van der Waals surface area (Å²) in [6, 6.07) is 12.6. The Balaban J connectivity index is 2.12. The van der Waals surface area contributed by atoms with E-state index in [0.717, 1.165) is 25.3 Å². The number of hydrogen-bond donors (Lipinski definition) is 0. The zero-order chi connectivity index (χ0) is 12.8. The van der Waals surface area contributed by atoms with Crippen molar-refractivity contribution in [3.05, 3.63) is 46.7 Å². The van der Waals surface area contributed by atoms with E-state index in [9.17, 15) is 0 Å². The van der Waals surface area contributed by atoms with E-state index in [0.29, 0.717) is 0 Å². The third-order valence-electron chi connectivity index (χ3n) is 2.86. The van der Waals surface area contributed by atoms with E-state index in [2.05, 4.69) is 41.5 Å². The van der Waals surface area contributed by atoms with E-state index in [1.807, 2.05) is 23.5 Å². The van der Waals surface area contributed by atoms with Gasteiger partial charge in [0, 0.05) is 17.1 Å². The van der Waals surface area contributed by atoms with E-state index in [4.69, 9.17) is 4.74 Å². The van der Waals surface area contributed by atoms with Crippen molar-refractivity contribution in [3.8, 4) is 5.75 Å². The molecule has 1 heterocycles. The largest absolute Gasteiger partial charge is 0.497 e. The van der Waals surface area contributed by atoms with Gasteiger partial charge in [-0.25, -0.2) is 0 Å². The van der Waals surface area contributed by atoms with Crippen molar-refractivity contribution in [1.82, 2.24) is 0 Å². The lowest BCUT2D eigenvalue weighted by molar-refractivity contribution is 0.415. The van der Waals surface area contributed by atoms with Crippen LogP contribution in [0.5, 0.6) is 5.75 Å². The highest BCUT2D eigenvalue weighted by atomic mass is 32.1. The van der Waals surface area contributed by atoms with Gasteiger partial charge in [0.1, 0.15) is 5.75 Å². The molecule has 0 bridgehead atoms. The SMILES string of the molecule is CCCN(Cc1cccs1)c1ccc(OC)cc1. The number of benzene rings is 1. The van der Waals surface area contributed by atoms with Crippen molar-refractivity contribution in [2.45, 2.75) is 19.9 Å². The highest BCUT2D eigenvalue weighted by molar-refractivity contribution is 7.09. The molecular weight excluding hydrogens is 242 g/mol. The Kier molecular flexibility index (Phi) is 4.65. The fraction of sp³-hybridized carbons (Fsp3) is 0.333. The summed E-state index contributed by atoms with van der Waals surface area (Å²) in [5, 5.41) is 2.13. The summed E-state index contributed by atoms with van der Waals surface area (Å²) in [6.45, 7) is 4.27. The van der Waals surface area contributed by atoms with Crippen LogP contribution in [-0.4, -0.2) is 13.7 Å².